The van der Waals surface area contributed by atoms with Gasteiger partial charge in [0.15, 0.2) is 0 Å². The molecule has 4 heteroatoms. The molecular formula is C15H22BrNO2. The van der Waals surface area contributed by atoms with E-state index >= 15 is 0 Å². The van der Waals surface area contributed by atoms with Crippen LogP contribution in [0.4, 0.5) is 0 Å². The fourth-order valence-electron chi connectivity index (χ4n) is 2.23. The lowest BCUT2D eigenvalue weighted by molar-refractivity contribution is -0.136. The number of amides is 1. The molecule has 0 bridgehead atoms. The lowest BCUT2D eigenvalue weighted by atomic mass is 9.95. The molecule has 106 valence electrons. The van der Waals surface area contributed by atoms with Crippen molar-refractivity contribution in [1.82, 2.24) is 4.90 Å². The molecule has 0 aliphatic rings. The molecule has 0 radical (unpaired) electrons. The molecule has 1 rings (SSSR count). The highest BCUT2D eigenvalue weighted by Crippen LogP contribution is 2.37. The molecule has 1 aromatic carbocycles. The minimum atomic E-state index is -0.769. The van der Waals surface area contributed by atoms with E-state index in [9.17, 15) is 4.79 Å². The van der Waals surface area contributed by atoms with Crippen LogP contribution in [0, 0.1) is 0 Å². The van der Waals surface area contributed by atoms with E-state index < -0.39 is 4.32 Å². The van der Waals surface area contributed by atoms with Gasteiger partial charge in [-0.25, -0.2) is 0 Å². The Morgan fingerprint density at radius 3 is 2.26 bits per heavy atom. The van der Waals surface area contributed by atoms with Crippen molar-refractivity contribution in [1.29, 1.82) is 0 Å². The van der Waals surface area contributed by atoms with Crippen LogP contribution in [0.2, 0.25) is 0 Å². The van der Waals surface area contributed by atoms with E-state index in [0.717, 1.165) is 5.56 Å². The first kappa shape index (κ1) is 16.2. The van der Waals surface area contributed by atoms with Gasteiger partial charge in [0.25, 0.3) is 0 Å². The Morgan fingerprint density at radius 1 is 1.32 bits per heavy atom. The van der Waals surface area contributed by atoms with E-state index in [1.54, 1.807) is 7.11 Å². The molecule has 0 aliphatic carbocycles. The Hall–Kier alpha value is -0.870. The Bertz CT molecular complexity index is 402. The number of carbonyl (C=O) groups excluding carboxylic acids is 1. The third-order valence-corrected chi connectivity index (χ3v) is 4.05. The number of benzene rings is 1. The van der Waals surface area contributed by atoms with Crippen LogP contribution >= 0.6 is 15.9 Å². The van der Waals surface area contributed by atoms with E-state index in [1.165, 1.54) is 0 Å². The maximum absolute atomic E-state index is 12.6. The summed E-state index contributed by atoms with van der Waals surface area (Å²) < 4.78 is 4.80. The van der Waals surface area contributed by atoms with Gasteiger partial charge in [-0.3, -0.25) is 4.79 Å². The zero-order valence-corrected chi connectivity index (χ0v) is 13.6. The van der Waals surface area contributed by atoms with Gasteiger partial charge in [-0.2, -0.15) is 0 Å². The predicted octanol–water partition coefficient (Wildman–Crippen LogP) is 3.40. The monoisotopic (exact) mass is 327 g/mol. The highest BCUT2D eigenvalue weighted by Gasteiger charge is 2.42. The van der Waals surface area contributed by atoms with E-state index in [-0.39, 0.29) is 12.0 Å². The normalized spacial score (nSPS) is 15.6. The second-order valence-corrected chi connectivity index (χ2v) is 6.23. The molecule has 0 fully saturated rings. The van der Waals surface area contributed by atoms with E-state index in [0.29, 0.717) is 13.1 Å². The number of nitrogens with zero attached hydrogens (tertiary/aromatic N) is 1. The molecule has 0 spiro atoms. The van der Waals surface area contributed by atoms with Crippen LogP contribution < -0.4 is 0 Å². The van der Waals surface area contributed by atoms with Crippen LogP contribution in [0.5, 0.6) is 0 Å². The number of alkyl halides is 1. The average Bonchev–Trinajstić information content (AvgIpc) is 2.41. The summed E-state index contributed by atoms with van der Waals surface area (Å²) in [5.74, 6) is 0.0493. The molecule has 0 N–H and O–H groups in total. The summed E-state index contributed by atoms with van der Waals surface area (Å²) in [7, 11) is 1.63. The highest BCUT2D eigenvalue weighted by molar-refractivity contribution is 9.10. The van der Waals surface area contributed by atoms with Crippen LogP contribution in [0.3, 0.4) is 0 Å². The van der Waals surface area contributed by atoms with Crippen molar-refractivity contribution in [2.24, 2.45) is 0 Å². The number of carbonyl (C=O) groups is 1. The van der Waals surface area contributed by atoms with Crippen molar-refractivity contribution in [2.45, 2.75) is 31.2 Å². The van der Waals surface area contributed by atoms with Gasteiger partial charge in [0.2, 0.25) is 5.91 Å². The topological polar surface area (TPSA) is 29.5 Å². The molecule has 0 unspecified atom stereocenters. The molecule has 0 saturated heterocycles. The van der Waals surface area contributed by atoms with Gasteiger partial charge < -0.3 is 9.64 Å². The second kappa shape index (κ2) is 7.06. The van der Waals surface area contributed by atoms with Crippen molar-refractivity contribution < 1.29 is 9.53 Å². The van der Waals surface area contributed by atoms with Crippen molar-refractivity contribution in [2.75, 3.05) is 20.2 Å². The molecule has 3 nitrogen and oxygen atoms in total. The molecule has 0 aromatic heterocycles. The largest absolute Gasteiger partial charge is 0.375 e. The lowest BCUT2D eigenvalue weighted by Crippen LogP contribution is -2.47. The van der Waals surface area contributed by atoms with E-state index in [4.69, 9.17) is 4.74 Å². The molecule has 0 aliphatic heterocycles. The molecule has 2 atom stereocenters. The number of hydrogen-bond acceptors (Lipinski definition) is 2. The Labute approximate surface area is 124 Å². The third kappa shape index (κ3) is 3.57. The SMILES string of the molecule is CCN(CC)C(=O)[C@@](C)(Br)[C@@H](OC)c1ccccc1. The summed E-state index contributed by atoms with van der Waals surface area (Å²) in [6, 6.07) is 9.80. The number of halogens is 1. The predicted molar refractivity (Wildman–Crippen MR) is 81.5 cm³/mol. The lowest BCUT2D eigenvalue weighted by Gasteiger charge is -2.34. The van der Waals surface area contributed by atoms with Crippen molar-refractivity contribution in [3.05, 3.63) is 35.9 Å². The summed E-state index contributed by atoms with van der Waals surface area (Å²) in [6.45, 7) is 7.22. The molecule has 0 heterocycles. The van der Waals surface area contributed by atoms with Gasteiger partial charge in [-0.15, -0.1) is 0 Å². The summed E-state index contributed by atoms with van der Waals surface area (Å²) >= 11 is 3.58. The van der Waals surface area contributed by atoms with Gasteiger partial charge in [0.1, 0.15) is 10.4 Å². The van der Waals surface area contributed by atoms with Crippen LogP contribution in [0.1, 0.15) is 32.4 Å². The quantitative estimate of drug-likeness (QED) is 0.749. The maximum atomic E-state index is 12.6. The molecule has 1 aromatic rings. The van der Waals surface area contributed by atoms with E-state index in [2.05, 4.69) is 15.9 Å². The van der Waals surface area contributed by atoms with Gasteiger partial charge in [-0.1, -0.05) is 46.3 Å². The standard InChI is InChI=1S/C15H22BrNO2/c1-5-17(6-2)14(18)15(3,16)13(19-4)12-10-8-7-9-11-12/h7-11,13H,5-6H2,1-4H3/t13-,15-/m0/s1. The molecule has 1 amide bonds. The summed E-state index contributed by atoms with van der Waals surface area (Å²) in [4.78, 5) is 14.4. The summed E-state index contributed by atoms with van der Waals surface area (Å²) in [5, 5.41) is 0. The van der Waals surface area contributed by atoms with Crippen molar-refractivity contribution in [3.8, 4) is 0 Å². The minimum absolute atomic E-state index is 0.0493. The first-order valence-corrected chi connectivity index (χ1v) is 7.34. The zero-order valence-electron chi connectivity index (χ0n) is 12.0. The Kier molecular flexibility index (Phi) is 6.01. The molecule has 0 saturated carbocycles. The first-order chi connectivity index (χ1) is 8.98. The number of methoxy groups -OCH3 is 1. The smallest absolute Gasteiger partial charge is 0.242 e. The van der Waals surface area contributed by atoms with Crippen LogP contribution in [-0.4, -0.2) is 35.3 Å². The summed E-state index contributed by atoms with van der Waals surface area (Å²) in [5.41, 5.74) is 0.991. The Morgan fingerprint density at radius 2 is 1.84 bits per heavy atom. The van der Waals surface area contributed by atoms with Gasteiger partial charge in [0.05, 0.1) is 0 Å². The third-order valence-electron chi connectivity index (χ3n) is 3.30. The number of rotatable bonds is 6. The molecular weight excluding hydrogens is 306 g/mol. The fraction of sp³-hybridized carbons (Fsp3) is 0.533. The van der Waals surface area contributed by atoms with Gasteiger partial charge in [0, 0.05) is 20.2 Å². The van der Waals surface area contributed by atoms with Crippen LogP contribution in [0.25, 0.3) is 0 Å². The van der Waals surface area contributed by atoms with Crippen LogP contribution in [0.15, 0.2) is 30.3 Å². The van der Waals surface area contributed by atoms with Gasteiger partial charge in [-0.05, 0) is 26.3 Å². The van der Waals surface area contributed by atoms with Crippen LogP contribution in [-0.2, 0) is 9.53 Å². The minimum Gasteiger partial charge on any atom is -0.375 e. The highest BCUT2D eigenvalue weighted by atomic mass is 79.9. The Balaban J connectivity index is 3.05. The second-order valence-electron chi connectivity index (χ2n) is 4.58. The average molecular weight is 328 g/mol. The molecule has 19 heavy (non-hydrogen) atoms. The number of hydrogen-bond donors (Lipinski definition) is 0. The fourth-order valence-corrected chi connectivity index (χ4v) is 2.93. The number of ether oxygens (including phenoxy) is 1. The first-order valence-electron chi connectivity index (χ1n) is 6.55. The zero-order chi connectivity index (χ0) is 14.5. The van der Waals surface area contributed by atoms with E-state index in [1.807, 2.05) is 56.0 Å². The summed E-state index contributed by atoms with van der Waals surface area (Å²) in [6.07, 6.45) is -0.318. The van der Waals surface area contributed by atoms with Crippen molar-refractivity contribution in [3.63, 3.8) is 0 Å². The maximum Gasteiger partial charge on any atom is 0.242 e. The van der Waals surface area contributed by atoms with Crippen molar-refractivity contribution >= 4 is 21.8 Å². The van der Waals surface area contributed by atoms with Gasteiger partial charge >= 0.3 is 0 Å².